The maximum absolute atomic E-state index is 12.6. The van der Waals surface area contributed by atoms with Crippen molar-refractivity contribution in [1.82, 2.24) is 10.2 Å². The number of rotatable bonds is 3. The van der Waals surface area contributed by atoms with Crippen LogP contribution in [-0.2, 0) is 14.6 Å². The highest BCUT2D eigenvalue weighted by atomic mass is 32.2. The van der Waals surface area contributed by atoms with Gasteiger partial charge in [0, 0.05) is 25.4 Å². The average molecular weight is 358 g/mol. The van der Waals surface area contributed by atoms with Crippen LogP contribution < -0.4 is 5.32 Å². The zero-order chi connectivity index (χ0) is 17.5. The summed E-state index contributed by atoms with van der Waals surface area (Å²) in [7, 11) is -3.21. The van der Waals surface area contributed by atoms with Crippen LogP contribution >= 0.6 is 0 Å². The van der Waals surface area contributed by atoms with E-state index >= 15 is 0 Å². The lowest BCUT2D eigenvalue weighted by Gasteiger charge is -2.32. The number of hydrogen-bond acceptors (Lipinski definition) is 4. The highest BCUT2D eigenvalue weighted by Crippen LogP contribution is 2.48. The SMILES string of the molecule is CS(=O)(=O)[C@@H]1CCCC[C@H]1NC(=O)N1C[C@@H]2CCC[C@@]2(C(=O)O)C1. The van der Waals surface area contributed by atoms with Crippen LogP contribution in [0.1, 0.15) is 44.9 Å². The highest BCUT2D eigenvalue weighted by Gasteiger charge is 2.56. The van der Waals surface area contributed by atoms with E-state index in [0.717, 1.165) is 25.7 Å². The third-order valence-electron chi connectivity index (χ3n) is 6.15. The van der Waals surface area contributed by atoms with E-state index in [4.69, 9.17) is 0 Å². The number of amides is 2. The molecule has 0 bridgehead atoms. The Balaban J connectivity index is 1.68. The van der Waals surface area contributed by atoms with Gasteiger partial charge in [0.2, 0.25) is 0 Å². The number of aliphatic carboxylic acids is 1. The third kappa shape index (κ3) is 3.00. The first kappa shape index (κ1) is 17.5. The molecule has 0 aromatic carbocycles. The molecule has 136 valence electrons. The van der Waals surface area contributed by atoms with Crippen LogP contribution in [0.15, 0.2) is 0 Å². The second-order valence-electron chi connectivity index (χ2n) is 7.64. The largest absolute Gasteiger partial charge is 0.481 e. The molecule has 0 spiro atoms. The zero-order valence-corrected chi connectivity index (χ0v) is 14.8. The predicted octanol–water partition coefficient (Wildman–Crippen LogP) is 1.24. The van der Waals surface area contributed by atoms with Gasteiger partial charge in [-0.3, -0.25) is 4.79 Å². The van der Waals surface area contributed by atoms with Crippen molar-refractivity contribution in [3.8, 4) is 0 Å². The molecule has 3 rings (SSSR count). The number of carboxylic acids is 1. The monoisotopic (exact) mass is 358 g/mol. The Kier molecular flexibility index (Phi) is 4.53. The lowest BCUT2D eigenvalue weighted by atomic mass is 9.81. The summed E-state index contributed by atoms with van der Waals surface area (Å²) >= 11 is 0. The molecule has 3 fully saturated rings. The molecule has 2 aliphatic carbocycles. The van der Waals surface area contributed by atoms with E-state index in [1.165, 1.54) is 6.26 Å². The standard InChI is InChI=1S/C16H26N2O5S/c1-24(22,23)13-7-3-2-6-12(13)17-15(21)18-9-11-5-4-8-16(11,10-18)14(19)20/h11-13H,2-10H2,1H3,(H,17,21)(H,19,20)/t11-,12+,13+,16+/m0/s1. The van der Waals surface area contributed by atoms with Crippen molar-refractivity contribution in [1.29, 1.82) is 0 Å². The summed E-state index contributed by atoms with van der Waals surface area (Å²) in [5.74, 6) is -0.801. The molecule has 1 saturated heterocycles. The van der Waals surface area contributed by atoms with E-state index in [2.05, 4.69) is 5.32 Å². The topological polar surface area (TPSA) is 104 Å². The minimum Gasteiger partial charge on any atom is -0.481 e. The second kappa shape index (κ2) is 6.20. The van der Waals surface area contributed by atoms with Gasteiger partial charge in [0.05, 0.1) is 10.7 Å². The van der Waals surface area contributed by atoms with Gasteiger partial charge in [0.15, 0.2) is 9.84 Å². The molecule has 1 aliphatic heterocycles. The fourth-order valence-electron chi connectivity index (χ4n) is 4.82. The summed E-state index contributed by atoms with van der Waals surface area (Å²) in [6.07, 6.45) is 6.57. The molecule has 0 aromatic heterocycles. The molecular weight excluding hydrogens is 332 g/mol. The summed E-state index contributed by atoms with van der Waals surface area (Å²) in [4.78, 5) is 25.9. The maximum atomic E-state index is 12.6. The molecule has 0 aromatic rings. The van der Waals surface area contributed by atoms with Crippen molar-refractivity contribution in [2.24, 2.45) is 11.3 Å². The number of sulfone groups is 1. The van der Waals surface area contributed by atoms with E-state index in [1.54, 1.807) is 4.90 Å². The Hall–Kier alpha value is -1.31. The number of carbonyl (C=O) groups is 2. The van der Waals surface area contributed by atoms with Crippen molar-refractivity contribution in [2.45, 2.75) is 56.2 Å². The van der Waals surface area contributed by atoms with Crippen molar-refractivity contribution in [3.63, 3.8) is 0 Å². The van der Waals surface area contributed by atoms with Crippen LogP contribution in [0, 0.1) is 11.3 Å². The van der Waals surface area contributed by atoms with Gasteiger partial charge in [-0.05, 0) is 31.6 Å². The zero-order valence-electron chi connectivity index (χ0n) is 14.0. The van der Waals surface area contributed by atoms with E-state index in [-0.39, 0.29) is 24.5 Å². The Morgan fingerprint density at radius 1 is 1.17 bits per heavy atom. The summed E-state index contributed by atoms with van der Waals surface area (Å²) in [6.45, 7) is 0.684. The quantitative estimate of drug-likeness (QED) is 0.790. The Bertz CT molecular complexity index is 634. The molecule has 0 unspecified atom stereocenters. The van der Waals surface area contributed by atoms with Crippen LogP contribution in [0.25, 0.3) is 0 Å². The predicted molar refractivity (Wildman–Crippen MR) is 88.4 cm³/mol. The molecule has 0 radical (unpaired) electrons. The van der Waals surface area contributed by atoms with Gasteiger partial charge in [-0.2, -0.15) is 0 Å². The van der Waals surface area contributed by atoms with Crippen molar-refractivity contribution < 1.29 is 23.1 Å². The van der Waals surface area contributed by atoms with E-state index < -0.39 is 26.5 Å². The molecule has 2 N–H and O–H groups in total. The lowest BCUT2D eigenvalue weighted by molar-refractivity contribution is -0.149. The van der Waals surface area contributed by atoms with Crippen molar-refractivity contribution in [2.75, 3.05) is 19.3 Å². The molecule has 2 saturated carbocycles. The number of likely N-dealkylation sites (tertiary alicyclic amines) is 1. The lowest BCUT2D eigenvalue weighted by Crippen LogP contribution is -2.52. The average Bonchev–Trinajstić information content (AvgIpc) is 3.04. The first-order valence-electron chi connectivity index (χ1n) is 8.72. The summed E-state index contributed by atoms with van der Waals surface area (Å²) in [5, 5.41) is 11.9. The number of urea groups is 1. The summed E-state index contributed by atoms with van der Waals surface area (Å²) < 4.78 is 23.9. The molecule has 7 nitrogen and oxygen atoms in total. The molecule has 4 atom stereocenters. The van der Waals surface area contributed by atoms with Gasteiger partial charge >= 0.3 is 12.0 Å². The number of hydrogen-bond donors (Lipinski definition) is 2. The number of carbonyl (C=O) groups excluding carboxylic acids is 1. The van der Waals surface area contributed by atoms with Crippen LogP contribution in [0.2, 0.25) is 0 Å². The third-order valence-corrected chi connectivity index (χ3v) is 7.81. The van der Waals surface area contributed by atoms with Crippen LogP contribution in [0.3, 0.4) is 0 Å². The Morgan fingerprint density at radius 2 is 1.88 bits per heavy atom. The number of carboxylic acid groups (broad SMARTS) is 1. The second-order valence-corrected chi connectivity index (χ2v) is 9.90. The van der Waals surface area contributed by atoms with E-state index in [1.807, 2.05) is 0 Å². The van der Waals surface area contributed by atoms with Gasteiger partial charge in [0.25, 0.3) is 0 Å². The highest BCUT2D eigenvalue weighted by molar-refractivity contribution is 7.91. The van der Waals surface area contributed by atoms with Crippen molar-refractivity contribution >= 4 is 21.8 Å². The normalized spacial score (nSPS) is 36.4. The molecule has 8 heteroatoms. The Morgan fingerprint density at radius 3 is 2.50 bits per heavy atom. The van der Waals surface area contributed by atoms with Crippen molar-refractivity contribution in [3.05, 3.63) is 0 Å². The van der Waals surface area contributed by atoms with Gasteiger partial charge in [-0.1, -0.05) is 19.3 Å². The van der Waals surface area contributed by atoms with Crippen LogP contribution in [-0.4, -0.2) is 61.1 Å². The summed E-state index contributed by atoms with van der Waals surface area (Å²) in [6, 6.07) is -0.687. The fraction of sp³-hybridized carbons (Fsp3) is 0.875. The Labute approximate surface area is 142 Å². The smallest absolute Gasteiger partial charge is 0.317 e. The number of fused-ring (bicyclic) bond motifs is 1. The molecule has 3 aliphatic rings. The minimum absolute atomic E-state index is 0.0119. The summed E-state index contributed by atoms with van der Waals surface area (Å²) in [5.41, 5.74) is -0.805. The maximum Gasteiger partial charge on any atom is 0.317 e. The first-order chi connectivity index (χ1) is 11.2. The minimum atomic E-state index is -3.21. The molecule has 1 heterocycles. The van der Waals surface area contributed by atoms with Gasteiger partial charge in [0.1, 0.15) is 0 Å². The number of nitrogens with one attached hydrogen (secondary N) is 1. The number of nitrogens with zero attached hydrogens (tertiary/aromatic N) is 1. The first-order valence-corrected chi connectivity index (χ1v) is 10.7. The van der Waals surface area contributed by atoms with E-state index in [9.17, 15) is 23.1 Å². The van der Waals surface area contributed by atoms with Crippen LogP contribution in [0.4, 0.5) is 4.79 Å². The molecular formula is C16H26N2O5S. The van der Waals surface area contributed by atoms with Gasteiger partial charge in [-0.25, -0.2) is 13.2 Å². The molecule has 24 heavy (non-hydrogen) atoms. The fourth-order valence-corrected chi connectivity index (χ4v) is 6.21. The van der Waals surface area contributed by atoms with Gasteiger partial charge < -0.3 is 15.3 Å². The molecule has 2 amide bonds. The van der Waals surface area contributed by atoms with Crippen LogP contribution in [0.5, 0.6) is 0 Å². The van der Waals surface area contributed by atoms with Gasteiger partial charge in [-0.15, -0.1) is 0 Å². The van der Waals surface area contributed by atoms with E-state index in [0.29, 0.717) is 25.8 Å².